The number of likely N-dealkylation sites (N-methyl/N-ethyl adjacent to an activating group) is 1. The first-order valence-electron chi connectivity index (χ1n) is 5.96. The van der Waals surface area contributed by atoms with Crippen molar-refractivity contribution in [2.24, 2.45) is 0 Å². The molecule has 0 saturated carbocycles. The van der Waals surface area contributed by atoms with Gasteiger partial charge in [0.15, 0.2) is 0 Å². The number of rotatable bonds is 7. The van der Waals surface area contributed by atoms with Gasteiger partial charge in [-0.2, -0.15) is 0 Å². The highest BCUT2D eigenvalue weighted by Gasteiger charge is 2.04. The van der Waals surface area contributed by atoms with Gasteiger partial charge in [-0.15, -0.1) is 0 Å². The Kier molecular flexibility index (Phi) is 5.80. The van der Waals surface area contributed by atoms with Crippen LogP contribution >= 0.6 is 0 Å². The average Bonchev–Trinajstić information content (AvgIpc) is 2.34. The van der Waals surface area contributed by atoms with Crippen LogP contribution in [0.3, 0.4) is 0 Å². The molecule has 17 heavy (non-hydrogen) atoms. The zero-order valence-electron chi connectivity index (χ0n) is 10.6. The summed E-state index contributed by atoms with van der Waals surface area (Å²) in [6.45, 7) is 4.91. The molecule has 0 radical (unpaired) electrons. The van der Waals surface area contributed by atoms with Crippen molar-refractivity contribution in [1.29, 1.82) is 0 Å². The van der Waals surface area contributed by atoms with Crippen molar-refractivity contribution in [2.45, 2.75) is 13.3 Å². The Morgan fingerprint density at radius 2 is 2.12 bits per heavy atom. The van der Waals surface area contributed by atoms with E-state index in [1.54, 1.807) is 7.11 Å². The molecule has 3 N–H and O–H groups in total. The maximum atomic E-state index is 8.90. The minimum absolute atomic E-state index is 0.207. The zero-order chi connectivity index (χ0) is 12.7. The second kappa shape index (κ2) is 7.14. The lowest BCUT2D eigenvalue weighted by atomic mass is 10.1. The monoisotopic (exact) mass is 238 g/mol. The van der Waals surface area contributed by atoms with Crippen molar-refractivity contribution in [3.05, 3.63) is 23.8 Å². The number of aliphatic hydroxyl groups is 1. The first-order chi connectivity index (χ1) is 8.21. The van der Waals surface area contributed by atoms with E-state index >= 15 is 0 Å². The Labute approximate surface area is 103 Å². The Morgan fingerprint density at radius 3 is 2.65 bits per heavy atom. The van der Waals surface area contributed by atoms with Crippen LogP contribution in [0.2, 0.25) is 0 Å². The number of aliphatic hydroxyl groups excluding tert-OH is 1. The van der Waals surface area contributed by atoms with E-state index in [0.717, 1.165) is 31.8 Å². The maximum Gasteiger partial charge on any atom is 0.141 e. The number of nitrogens with two attached hydrogens (primary N) is 1. The first-order valence-corrected chi connectivity index (χ1v) is 5.96. The third kappa shape index (κ3) is 4.24. The molecule has 0 unspecified atom stereocenters. The molecule has 0 aliphatic carbocycles. The predicted octanol–water partition coefficient (Wildman–Crippen LogP) is 1.13. The summed E-state index contributed by atoms with van der Waals surface area (Å²) in [5, 5.41) is 8.90. The van der Waals surface area contributed by atoms with Gasteiger partial charge in [0.1, 0.15) is 5.75 Å². The molecular formula is C13H22N2O2. The highest BCUT2D eigenvalue weighted by atomic mass is 16.5. The molecule has 0 atom stereocenters. The number of hydrogen-bond donors (Lipinski definition) is 2. The van der Waals surface area contributed by atoms with E-state index in [1.807, 2.05) is 18.2 Å². The third-order valence-electron chi connectivity index (χ3n) is 2.87. The van der Waals surface area contributed by atoms with E-state index in [1.165, 1.54) is 5.56 Å². The molecule has 1 aromatic carbocycles. The molecule has 0 saturated heterocycles. The Balaban J connectivity index is 2.54. The van der Waals surface area contributed by atoms with Crippen molar-refractivity contribution in [3.8, 4) is 5.75 Å². The molecule has 0 aromatic heterocycles. The second-order valence-electron chi connectivity index (χ2n) is 3.98. The Hall–Kier alpha value is -1.26. The fourth-order valence-electron chi connectivity index (χ4n) is 1.80. The predicted molar refractivity (Wildman–Crippen MR) is 70.3 cm³/mol. The van der Waals surface area contributed by atoms with Crippen molar-refractivity contribution in [1.82, 2.24) is 4.90 Å². The van der Waals surface area contributed by atoms with Crippen LogP contribution in [-0.4, -0.2) is 43.4 Å². The van der Waals surface area contributed by atoms with Gasteiger partial charge in [0.25, 0.3) is 0 Å². The molecule has 4 heteroatoms. The second-order valence-corrected chi connectivity index (χ2v) is 3.98. The van der Waals surface area contributed by atoms with Gasteiger partial charge in [-0.05, 0) is 30.7 Å². The van der Waals surface area contributed by atoms with Gasteiger partial charge >= 0.3 is 0 Å². The fourth-order valence-corrected chi connectivity index (χ4v) is 1.80. The number of ether oxygens (including phenoxy) is 1. The summed E-state index contributed by atoms with van der Waals surface area (Å²) in [5.41, 5.74) is 7.72. The lowest BCUT2D eigenvalue weighted by Crippen LogP contribution is -2.28. The summed E-state index contributed by atoms with van der Waals surface area (Å²) in [4.78, 5) is 2.21. The van der Waals surface area contributed by atoms with Gasteiger partial charge in [-0.1, -0.05) is 13.0 Å². The van der Waals surface area contributed by atoms with Crippen LogP contribution in [-0.2, 0) is 6.42 Å². The molecule has 0 fully saturated rings. The van der Waals surface area contributed by atoms with E-state index < -0.39 is 0 Å². The molecule has 0 spiro atoms. The average molecular weight is 238 g/mol. The Morgan fingerprint density at radius 1 is 1.35 bits per heavy atom. The summed E-state index contributed by atoms with van der Waals surface area (Å²) < 4.78 is 5.12. The number of anilines is 1. The molecule has 0 aliphatic rings. The van der Waals surface area contributed by atoms with Crippen LogP contribution in [0.25, 0.3) is 0 Å². The van der Waals surface area contributed by atoms with Crippen molar-refractivity contribution in [2.75, 3.05) is 39.1 Å². The number of nitrogens with zero attached hydrogens (tertiary/aromatic N) is 1. The van der Waals surface area contributed by atoms with Gasteiger partial charge in [-0.25, -0.2) is 0 Å². The quantitative estimate of drug-likeness (QED) is 0.699. The summed E-state index contributed by atoms with van der Waals surface area (Å²) in [7, 11) is 1.62. The van der Waals surface area contributed by atoms with Crippen LogP contribution < -0.4 is 10.5 Å². The van der Waals surface area contributed by atoms with Gasteiger partial charge in [0.05, 0.1) is 19.4 Å². The zero-order valence-corrected chi connectivity index (χ0v) is 10.6. The molecular weight excluding hydrogens is 216 g/mol. The lowest BCUT2D eigenvalue weighted by Gasteiger charge is -2.19. The topological polar surface area (TPSA) is 58.7 Å². The van der Waals surface area contributed by atoms with Crippen molar-refractivity contribution < 1.29 is 9.84 Å². The third-order valence-corrected chi connectivity index (χ3v) is 2.87. The number of methoxy groups -OCH3 is 1. The molecule has 96 valence electrons. The van der Waals surface area contributed by atoms with Crippen LogP contribution in [0, 0.1) is 0 Å². The van der Waals surface area contributed by atoms with Gasteiger partial charge in [0, 0.05) is 13.1 Å². The fraction of sp³-hybridized carbons (Fsp3) is 0.538. The summed E-state index contributed by atoms with van der Waals surface area (Å²) in [6, 6.07) is 5.88. The minimum Gasteiger partial charge on any atom is -0.495 e. The first kappa shape index (κ1) is 13.8. The van der Waals surface area contributed by atoms with Crippen LogP contribution in [0.4, 0.5) is 5.69 Å². The van der Waals surface area contributed by atoms with E-state index in [0.29, 0.717) is 5.69 Å². The van der Waals surface area contributed by atoms with Crippen LogP contribution in [0.15, 0.2) is 18.2 Å². The van der Waals surface area contributed by atoms with Gasteiger partial charge in [-0.3, -0.25) is 0 Å². The highest BCUT2D eigenvalue weighted by molar-refractivity contribution is 5.54. The molecule has 1 rings (SSSR count). The van der Waals surface area contributed by atoms with Crippen LogP contribution in [0.1, 0.15) is 12.5 Å². The smallest absolute Gasteiger partial charge is 0.141 e. The number of hydrogen-bond acceptors (Lipinski definition) is 4. The van der Waals surface area contributed by atoms with Crippen LogP contribution in [0.5, 0.6) is 5.75 Å². The van der Waals surface area contributed by atoms with Crippen molar-refractivity contribution in [3.63, 3.8) is 0 Å². The standard InChI is InChI=1S/C13H22N2O2/c1-3-15(8-9-16)7-6-11-4-5-13(17-2)12(14)10-11/h4-5,10,16H,3,6-9,14H2,1-2H3. The molecule has 4 nitrogen and oxygen atoms in total. The molecule has 0 heterocycles. The minimum atomic E-state index is 0.207. The SMILES string of the molecule is CCN(CCO)CCc1ccc(OC)c(N)c1. The van der Waals surface area contributed by atoms with Gasteiger partial charge < -0.3 is 20.5 Å². The Bertz CT molecular complexity index is 342. The van der Waals surface area contributed by atoms with Gasteiger partial charge in [0.2, 0.25) is 0 Å². The summed E-state index contributed by atoms with van der Waals surface area (Å²) >= 11 is 0. The summed E-state index contributed by atoms with van der Waals surface area (Å²) in [5.74, 6) is 0.719. The maximum absolute atomic E-state index is 8.90. The normalized spacial score (nSPS) is 10.8. The molecule has 0 amide bonds. The molecule has 0 bridgehead atoms. The molecule has 0 aliphatic heterocycles. The van der Waals surface area contributed by atoms with E-state index in [4.69, 9.17) is 15.6 Å². The number of nitrogen functional groups attached to an aromatic ring is 1. The highest BCUT2D eigenvalue weighted by Crippen LogP contribution is 2.22. The van der Waals surface area contributed by atoms with Crippen molar-refractivity contribution >= 4 is 5.69 Å². The van der Waals surface area contributed by atoms with E-state index in [9.17, 15) is 0 Å². The molecule has 1 aromatic rings. The number of benzene rings is 1. The summed E-state index contributed by atoms with van der Waals surface area (Å²) in [6.07, 6.45) is 0.933. The largest absolute Gasteiger partial charge is 0.495 e. The lowest BCUT2D eigenvalue weighted by molar-refractivity contribution is 0.203. The van der Waals surface area contributed by atoms with E-state index in [2.05, 4.69) is 11.8 Å². The van der Waals surface area contributed by atoms with E-state index in [-0.39, 0.29) is 6.61 Å².